The molecule has 0 unspecified atom stereocenters. The van der Waals surface area contributed by atoms with Crippen molar-refractivity contribution in [3.8, 4) is 5.75 Å². The van der Waals surface area contributed by atoms with Gasteiger partial charge in [-0.3, -0.25) is 10.1 Å². The minimum atomic E-state index is -4.40. The molecule has 0 atom stereocenters. The van der Waals surface area contributed by atoms with Crippen LogP contribution in [0.1, 0.15) is 0 Å². The quantitative estimate of drug-likeness (QED) is 0.599. The maximum absolute atomic E-state index is 13.2. The number of rotatable bonds is 3. The van der Waals surface area contributed by atoms with Crippen molar-refractivity contribution >= 4 is 16.0 Å². The van der Waals surface area contributed by atoms with Crippen molar-refractivity contribution in [3.05, 3.63) is 34.1 Å². The van der Waals surface area contributed by atoms with Gasteiger partial charge in [-0.15, -0.1) is 0 Å². The summed E-state index contributed by atoms with van der Waals surface area (Å²) >= 11 is 0. The van der Waals surface area contributed by atoms with E-state index in [9.17, 15) is 22.9 Å². The highest BCUT2D eigenvalue weighted by atomic mass is 32.2. The molecule has 7 nitrogen and oxygen atoms in total. The van der Waals surface area contributed by atoms with Gasteiger partial charge in [0.1, 0.15) is 0 Å². The number of hydrogen-bond acceptors (Lipinski definition) is 5. The molecule has 0 aliphatic carbocycles. The van der Waals surface area contributed by atoms with Gasteiger partial charge in [0.15, 0.2) is 5.75 Å². The number of halogens is 1. The Kier molecular flexibility index (Phi) is 2.86. The van der Waals surface area contributed by atoms with Crippen molar-refractivity contribution in [2.75, 3.05) is 0 Å². The van der Waals surface area contributed by atoms with Crippen molar-refractivity contribution in [2.24, 2.45) is 5.14 Å². The van der Waals surface area contributed by atoms with Crippen molar-refractivity contribution in [1.29, 1.82) is 0 Å². The molecule has 0 amide bonds. The van der Waals surface area contributed by atoms with Crippen LogP contribution < -0.4 is 9.32 Å². The zero-order valence-electron chi connectivity index (χ0n) is 7.08. The van der Waals surface area contributed by atoms with Crippen LogP contribution in [0.5, 0.6) is 5.75 Å². The van der Waals surface area contributed by atoms with Crippen LogP contribution >= 0.6 is 0 Å². The van der Waals surface area contributed by atoms with Gasteiger partial charge < -0.3 is 4.18 Å². The molecule has 0 heterocycles. The number of hydrogen-bond donors (Lipinski definition) is 1. The smallest absolute Gasteiger partial charge is 0.368 e. The number of nitro benzene ring substituents is 1. The summed E-state index contributed by atoms with van der Waals surface area (Å²) in [4.78, 5) is 9.26. The van der Waals surface area contributed by atoms with Crippen LogP contribution in [0.3, 0.4) is 0 Å². The maximum atomic E-state index is 13.2. The van der Waals surface area contributed by atoms with Gasteiger partial charge in [0, 0.05) is 6.07 Å². The number of nitrogens with two attached hydrogens (primary N) is 1. The Bertz CT molecular complexity index is 500. The minimum absolute atomic E-state index is 0.813. The summed E-state index contributed by atoms with van der Waals surface area (Å²) in [5, 5.41) is 14.7. The van der Waals surface area contributed by atoms with Crippen LogP contribution in [0.2, 0.25) is 0 Å². The van der Waals surface area contributed by atoms with Crippen LogP contribution in [0, 0.1) is 15.9 Å². The Balaban J connectivity index is 3.22. The van der Waals surface area contributed by atoms with Gasteiger partial charge in [0.05, 0.1) is 4.92 Å². The molecule has 82 valence electrons. The Morgan fingerprint density at radius 2 is 2.07 bits per heavy atom. The van der Waals surface area contributed by atoms with Gasteiger partial charge in [0.25, 0.3) is 0 Å². The minimum Gasteiger partial charge on any atom is -0.368 e. The third-order valence-electron chi connectivity index (χ3n) is 1.35. The van der Waals surface area contributed by atoms with E-state index in [-0.39, 0.29) is 0 Å². The second kappa shape index (κ2) is 3.79. The fourth-order valence-corrected chi connectivity index (χ4v) is 1.21. The fourth-order valence-electron chi connectivity index (χ4n) is 0.830. The molecule has 1 aromatic rings. The molecule has 0 aliphatic heterocycles. The monoisotopic (exact) mass is 236 g/mol. The molecule has 0 radical (unpaired) electrons. The summed E-state index contributed by atoms with van der Waals surface area (Å²) in [6.45, 7) is 0. The first-order valence-electron chi connectivity index (χ1n) is 3.46. The van der Waals surface area contributed by atoms with E-state index in [4.69, 9.17) is 0 Å². The number of benzene rings is 1. The summed E-state index contributed by atoms with van der Waals surface area (Å²) in [6, 6.07) is 2.85. The molecule has 9 heteroatoms. The summed E-state index contributed by atoms with van der Waals surface area (Å²) in [6.07, 6.45) is 0. The first-order chi connectivity index (χ1) is 6.81. The van der Waals surface area contributed by atoms with Gasteiger partial charge in [-0.05, 0) is 6.07 Å². The highest BCUT2D eigenvalue weighted by molar-refractivity contribution is 7.84. The first kappa shape index (κ1) is 11.3. The molecule has 0 saturated carbocycles. The van der Waals surface area contributed by atoms with Crippen LogP contribution in [-0.2, 0) is 10.3 Å². The van der Waals surface area contributed by atoms with Gasteiger partial charge >= 0.3 is 16.0 Å². The van der Waals surface area contributed by atoms with Crippen LogP contribution in [0.15, 0.2) is 18.2 Å². The molecule has 15 heavy (non-hydrogen) atoms. The van der Waals surface area contributed by atoms with Gasteiger partial charge in [-0.2, -0.15) is 17.9 Å². The van der Waals surface area contributed by atoms with E-state index in [1.807, 2.05) is 0 Å². The second-order valence-electron chi connectivity index (χ2n) is 2.42. The lowest BCUT2D eigenvalue weighted by Gasteiger charge is -2.02. The molecular weight excluding hydrogens is 231 g/mol. The molecule has 0 fully saturated rings. The van der Waals surface area contributed by atoms with Crippen molar-refractivity contribution in [3.63, 3.8) is 0 Å². The predicted octanol–water partition coefficient (Wildman–Crippen LogP) is 0.316. The molecule has 0 aromatic heterocycles. The normalized spacial score (nSPS) is 11.1. The van der Waals surface area contributed by atoms with E-state index in [2.05, 4.69) is 9.32 Å². The van der Waals surface area contributed by atoms with E-state index in [0.717, 1.165) is 18.2 Å². The van der Waals surface area contributed by atoms with Gasteiger partial charge in [0.2, 0.25) is 5.82 Å². The molecule has 0 saturated heterocycles. The first-order valence-corrected chi connectivity index (χ1v) is 4.93. The molecule has 1 rings (SSSR count). The third kappa shape index (κ3) is 2.86. The summed E-state index contributed by atoms with van der Waals surface area (Å²) < 4.78 is 38.1. The summed E-state index contributed by atoms with van der Waals surface area (Å²) in [7, 11) is -4.40. The van der Waals surface area contributed by atoms with Crippen molar-refractivity contribution in [1.82, 2.24) is 0 Å². The van der Waals surface area contributed by atoms with Crippen LogP contribution in [-0.4, -0.2) is 13.3 Å². The lowest BCUT2D eigenvalue weighted by atomic mass is 10.3. The Morgan fingerprint density at radius 1 is 1.47 bits per heavy atom. The van der Waals surface area contributed by atoms with E-state index >= 15 is 0 Å². The Hall–Kier alpha value is -1.74. The summed E-state index contributed by atoms with van der Waals surface area (Å²) in [5.41, 5.74) is -0.892. The lowest BCUT2D eigenvalue weighted by Crippen LogP contribution is -2.19. The van der Waals surface area contributed by atoms with Gasteiger partial charge in [-0.1, -0.05) is 6.07 Å². The second-order valence-corrected chi connectivity index (χ2v) is 3.57. The average Bonchev–Trinajstić information content (AvgIpc) is 2.05. The Morgan fingerprint density at radius 3 is 2.53 bits per heavy atom. The van der Waals surface area contributed by atoms with E-state index in [0.29, 0.717) is 0 Å². The highest BCUT2D eigenvalue weighted by Gasteiger charge is 2.20. The van der Waals surface area contributed by atoms with E-state index in [1.165, 1.54) is 0 Å². The molecule has 0 spiro atoms. The van der Waals surface area contributed by atoms with E-state index in [1.54, 1.807) is 0 Å². The van der Waals surface area contributed by atoms with Crippen molar-refractivity contribution in [2.45, 2.75) is 0 Å². The average molecular weight is 236 g/mol. The summed E-state index contributed by atoms with van der Waals surface area (Å²) in [5.74, 6) is -2.21. The van der Waals surface area contributed by atoms with Crippen LogP contribution in [0.25, 0.3) is 0 Å². The van der Waals surface area contributed by atoms with Gasteiger partial charge in [-0.25, -0.2) is 0 Å². The SMILES string of the molecule is NS(=O)(=O)Oc1cccc([N+](=O)[O-])c1F. The van der Waals surface area contributed by atoms with Crippen LogP contribution in [0.4, 0.5) is 10.1 Å². The van der Waals surface area contributed by atoms with Crippen molar-refractivity contribution < 1.29 is 21.9 Å². The molecule has 1 aromatic carbocycles. The molecule has 0 bridgehead atoms. The number of nitrogens with zero attached hydrogens (tertiary/aromatic N) is 1. The maximum Gasteiger partial charge on any atom is 0.380 e. The van der Waals surface area contributed by atoms with E-state index < -0.39 is 32.5 Å². The molecule has 0 aliphatic rings. The Labute approximate surface area is 83.7 Å². The predicted molar refractivity (Wildman–Crippen MR) is 46.8 cm³/mol. The largest absolute Gasteiger partial charge is 0.380 e. The zero-order chi connectivity index (χ0) is 11.6. The highest BCUT2D eigenvalue weighted by Crippen LogP contribution is 2.26. The lowest BCUT2D eigenvalue weighted by molar-refractivity contribution is -0.387. The standard InChI is InChI=1S/C6H5FN2O5S/c7-6-4(9(10)11)2-1-3-5(6)14-15(8,12)13/h1-3H,(H2,8,12,13). The fraction of sp³-hybridized carbons (Fsp3) is 0. The molecular formula is C6H5FN2O5S. The number of nitro groups is 1. The topological polar surface area (TPSA) is 113 Å². The zero-order valence-corrected chi connectivity index (χ0v) is 7.90. The molecule has 2 N–H and O–H groups in total. The third-order valence-corrected chi connectivity index (χ3v) is 1.76.